The second-order valence-corrected chi connectivity index (χ2v) is 6.37. The smallest absolute Gasteiger partial charge is 0.221 e. The van der Waals surface area contributed by atoms with Crippen LogP contribution >= 0.6 is 0 Å². The zero-order chi connectivity index (χ0) is 17.8. The molecule has 2 aromatic heterocycles. The molecule has 0 fully saturated rings. The zero-order valence-corrected chi connectivity index (χ0v) is 14.8. The Balaban J connectivity index is 1.73. The molecule has 3 aromatic rings. The average Bonchev–Trinajstić information content (AvgIpc) is 2.56. The van der Waals surface area contributed by atoms with Crippen LogP contribution in [0, 0.1) is 6.92 Å². The van der Waals surface area contributed by atoms with E-state index in [4.69, 9.17) is 4.98 Å². The molecular weight excluding hydrogens is 312 g/mol. The van der Waals surface area contributed by atoms with E-state index in [9.17, 15) is 4.79 Å². The van der Waals surface area contributed by atoms with Gasteiger partial charge in [-0.25, -0.2) is 0 Å². The molecule has 1 amide bonds. The lowest BCUT2D eigenvalue weighted by molar-refractivity contribution is -0.114. The number of hydrogen-bond donors (Lipinski definition) is 1. The molecule has 0 aliphatic carbocycles. The first kappa shape index (κ1) is 17.0. The fourth-order valence-electron chi connectivity index (χ4n) is 2.84. The van der Waals surface area contributed by atoms with Gasteiger partial charge in [0.2, 0.25) is 5.91 Å². The lowest BCUT2D eigenvalue weighted by Crippen LogP contribution is -2.18. The maximum Gasteiger partial charge on any atom is 0.221 e. The van der Waals surface area contributed by atoms with Gasteiger partial charge < -0.3 is 5.32 Å². The van der Waals surface area contributed by atoms with Gasteiger partial charge in [0.25, 0.3) is 0 Å². The van der Waals surface area contributed by atoms with Gasteiger partial charge in [0, 0.05) is 43.5 Å². The van der Waals surface area contributed by atoms with Crippen molar-refractivity contribution in [3.63, 3.8) is 0 Å². The van der Waals surface area contributed by atoms with Crippen molar-refractivity contribution >= 4 is 22.5 Å². The Morgan fingerprint density at radius 3 is 2.76 bits per heavy atom. The van der Waals surface area contributed by atoms with E-state index in [0.717, 1.165) is 35.4 Å². The second kappa shape index (κ2) is 7.40. The van der Waals surface area contributed by atoms with Crippen LogP contribution in [0.5, 0.6) is 0 Å². The number of amides is 1. The first-order valence-corrected chi connectivity index (χ1v) is 8.26. The van der Waals surface area contributed by atoms with Gasteiger partial charge in [-0.1, -0.05) is 6.07 Å². The summed E-state index contributed by atoms with van der Waals surface area (Å²) in [5.41, 5.74) is 5.22. The summed E-state index contributed by atoms with van der Waals surface area (Å²) in [6.45, 7) is 5.21. The van der Waals surface area contributed by atoms with Crippen molar-refractivity contribution in [1.82, 2.24) is 14.9 Å². The molecule has 5 heteroatoms. The Kier molecular flexibility index (Phi) is 5.05. The van der Waals surface area contributed by atoms with E-state index in [2.05, 4.69) is 41.3 Å². The van der Waals surface area contributed by atoms with Crippen molar-refractivity contribution in [2.24, 2.45) is 0 Å². The molecule has 0 spiro atoms. The standard InChI is InChI=1S/C20H22N4O/c1-14-11-21-9-8-17(14)12-24(3)13-19-5-4-16-10-18(22-15(2)25)6-7-20(16)23-19/h4-11H,12-13H2,1-3H3,(H,22,25). The van der Waals surface area contributed by atoms with Crippen molar-refractivity contribution in [3.8, 4) is 0 Å². The fraction of sp³-hybridized carbons (Fsp3) is 0.250. The van der Waals surface area contributed by atoms with Crippen LogP contribution in [0.25, 0.3) is 10.9 Å². The number of carbonyl (C=O) groups excluding carboxylic acids is 1. The molecule has 1 aromatic carbocycles. The van der Waals surface area contributed by atoms with E-state index in [0.29, 0.717) is 0 Å². The minimum absolute atomic E-state index is 0.0723. The minimum Gasteiger partial charge on any atom is -0.326 e. The third-order valence-corrected chi connectivity index (χ3v) is 4.08. The zero-order valence-electron chi connectivity index (χ0n) is 14.8. The SMILES string of the molecule is CC(=O)Nc1ccc2nc(CN(C)Cc3ccncc3C)ccc2c1. The number of hydrogen-bond acceptors (Lipinski definition) is 4. The molecule has 1 N–H and O–H groups in total. The van der Waals surface area contributed by atoms with Crippen molar-refractivity contribution in [2.45, 2.75) is 26.9 Å². The number of rotatable bonds is 5. The molecule has 0 aliphatic rings. The van der Waals surface area contributed by atoms with Gasteiger partial charge in [-0.15, -0.1) is 0 Å². The average molecular weight is 334 g/mol. The third kappa shape index (κ3) is 4.39. The highest BCUT2D eigenvalue weighted by molar-refractivity contribution is 5.92. The van der Waals surface area contributed by atoms with E-state index >= 15 is 0 Å². The topological polar surface area (TPSA) is 58.1 Å². The van der Waals surface area contributed by atoms with Crippen molar-refractivity contribution in [3.05, 3.63) is 65.6 Å². The van der Waals surface area contributed by atoms with Gasteiger partial charge in [0.1, 0.15) is 0 Å². The fourth-order valence-corrected chi connectivity index (χ4v) is 2.84. The monoisotopic (exact) mass is 334 g/mol. The van der Waals surface area contributed by atoms with Crippen LogP contribution in [0.2, 0.25) is 0 Å². The van der Waals surface area contributed by atoms with Crippen molar-refractivity contribution in [1.29, 1.82) is 0 Å². The molecule has 25 heavy (non-hydrogen) atoms. The molecule has 0 bridgehead atoms. The Labute approximate surface area is 147 Å². The molecular formula is C20H22N4O. The predicted octanol–water partition coefficient (Wildman–Crippen LogP) is 3.53. The van der Waals surface area contributed by atoms with Crippen LogP contribution in [0.3, 0.4) is 0 Å². The number of aryl methyl sites for hydroxylation is 1. The Morgan fingerprint density at radius 2 is 2.00 bits per heavy atom. The summed E-state index contributed by atoms with van der Waals surface area (Å²) in [6.07, 6.45) is 3.72. The second-order valence-electron chi connectivity index (χ2n) is 6.37. The molecule has 0 atom stereocenters. The number of benzene rings is 1. The highest BCUT2D eigenvalue weighted by atomic mass is 16.1. The molecule has 128 valence electrons. The van der Waals surface area contributed by atoms with Gasteiger partial charge in [0.05, 0.1) is 11.2 Å². The maximum atomic E-state index is 11.2. The summed E-state index contributed by atoms with van der Waals surface area (Å²) in [7, 11) is 2.09. The summed E-state index contributed by atoms with van der Waals surface area (Å²) >= 11 is 0. The molecule has 0 radical (unpaired) electrons. The van der Waals surface area contributed by atoms with Crippen LogP contribution < -0.4 is 5.32 Å². The van der Waals surface area contributed by atoms with Crippen LogP contribution in [0.15, 0.2) is 48.8 Å². The van der Waals surface area contributed by atoms with E-state index < -0.39 is 0 Å². The molecule has 0 unspecified atom stereocenters. The number of aromatic nitrogens is 2. The number of nitrogens with zero attached hydrogens (tertiary/aromatic N) is 3. The molecule has 0 aliphatic heterocycles. The summed E-state index contributed by atoms with van der Waals surface area (Å²) in [6, 6.07) is 11.9. The van der Waals surface area contributed by atoms with E-state index in [1.165, 1.54) is 18.1 Å². The number of anilines is 1. The molecule has 5 nitrogen and oxygen atoms in total. The van der Waals surface area contributed by atoms with E-state index in [-0.39, 0.29) is 5.91 Å². The van der Waals surface area contributed by atoms with Gasteiger partial charge in [-0.3, -0.25) is 19.7 Å². The quantitative estimate of drug-likeness (QED) is 0.775. The van der Waals surface area contributed by atoms with Gasteiger partial charge >= 0.3 is 0 Å². The van der Waals surface area contributed by atoms with Gasteiger partial charge in [0.15, 0.2) is 0 Å². The maximum absolute atomic E-state index is 11.2. The van der Waals surface area contributed by atoms with Crippen LogP contribution in [-0.2, 0) is 17.9 Å². The number of nitrogens with one attached hydrogen (secondary N) is 1. The van der Waals surface area contributed by atoms with E-state index in [1.807, 2.05) is 36.7 Å². The van der Waals surface area contributed by atoms with Crippen molar-refractivity contribution < 1.29 is 4.79 Å². The molecule has 0 saturated carbocycles. The Bertz CT molecular complexity index is 907. The largest absolute Gasteiger partial charge is 0.326 e. The normalized spacial score (nSPS) is 11.0. The molecule has 3 rings (SSSR count). The first-order chi connectivity index (χ1) is 12.0. The minimum atomic E-state index is -0.0723. The van der Waals surface area contributed by atoms with Gasteiger partial charge in [-0.05, 0) is 55.4 Å². The Hall–Kier alpha value is -2.79. The molecule has 2 heterocycles. The first-order valence-electron chi connectivity index (χ1n) is 8.26. The highest BCUT2D eigenvalue weighted by Crippen LogP contribution is 2.19. The van der Waals surface area contributed by atoms with Gasteiger partial charge in [-0.2, -0.15) is 0 Å². The lowest BCUT2D eigenvalue weighted by atomic mass is 10.1. The summed E-state index contributed by atoms with van der Waals surface area (Å²) < 4.78 is 0. The van der Waals surface area contributed by atoms with E-state index in [1.54, 1.807) is 0 Å². The third-order valence-electron chi connectivity index (χ3n) is 4.08. The summed E-state index contributed by atoms with van der Waals surface area (Å²) in [5, 5.41) is 3.81. The number of pyridine rings is 2. The predicted molar refractivity (Wildman–Crippen MR) is 100 cm³/mol. The van der Waals surface area contributed by atoms with Crippen LogP contribution in [-0.4, -0.2) is 27.8 Å². The summed E-state index contributed by atoms with van der Waals surface area (Å²) in [5.74, 6) is -0.0723. The van der Waals surface area contributed by atoms with Crippen LogP contribution in [0.4, 0.5) is 5.69 Å². The van der Waals surface area contributed by atoms with Crippen LogP contribution in [0.1, 0.15) is 23.7 Å². The van der Waals surface area contributed by atoms with Crippen molar-refractivity contribution in [2.75, 3.05) is 12.4 Å². The highest BCUT2D eigenvalue weighted by Gasteiger charge is 2.07. The summed E-state index contributed by atoms with van der Waals surface area (Å²) in [4.78, 5) is 22.3. The lowest BCUT2D eigenvalue weighted by Gasteiger charge is -2.17. The number of fused-ring (bicyclic) bond motifs is 1. The number of carbonyl (C=O) groups is 1. The molecule has 0 saturated heterocycles. The Morgan fingerprint density at radius 1 is 1.16 bits per heavy atom.